The summed E-state index contributed by atoms with van der Waals surface area (Å²) in [7, 11) is 1.44. The summed E-state index contributed by atoms with van der Waals surface area (Å²) in [4.78, 5) is 11.6. The smallest absolute Gasteiger partial charge is 0.309 e. The fourth-order valence-electron chi connectivity index (χ4n) is 1.62. The average molecular weight is 285 g/mol. The molecule has 3 heteroatoms. The molecule has 1 aromatic rings. The van der Waals surface area contributed by atoms with Crippen molar-refractivity contribution in [2.75, 3.05) is 7.11 Å². The van der Waals surface area contributed by atoms with Crippen molar-refractivity contribution in [3.63, 3.8) is 0 Å². The molecule has 0 N–H and O–H groups in total. The van der Waals surface area contributed by atoms with Gasteiger partial charge in [0, 0.05) is 4.47 Å². The van der Waals surface area contributed by atoms with Crippen LogP contribution >= 0.6 is 15.9 Å². The maximum atomic E-state index is 11.6. The highest BCUT2D eigenvalue weighted by molar-refractivity contribution is 9.10. The highest BCUT2D eigenvalue weighted by Crippen LogP contribution is 2.20. The van der Waals surface area contributed by atoms with Crippen molar-refractivity contribution in [1.82, 2.24) is 0 Å². The second kappa shape index (κ2) is 6.04. The van der Waals surface area contributed by atoms with Crippen LogP contribution in [0.4, 0.5) is 0 Å². The molecule has 1 atom stereocenters. The van der Waals surface area contributed by atoms with E-state index in [9.17, 15) is 4.79 Å². The first kappa shape index (κ1) is 13.2. The molecule has 0 aliphatic heterocycles. The Morgan fingerprint density at radius 2 is 1.88 bits per heavy atom. The van der Waals surface area contributed by atoms with E-state index >= 15 is 0 Å². The van der Waals surface area contributed by atoms with Crippen molar-refractivity contribution in [2.24, 2.45) is 11.8 Å². The summed E-state index contributed by atoms with van der Waals surface area (Å²) in [5.74, 6) is 0.0974. The Kier molecular flexibility index (Phi) is 5.00. The Balaban J connectivity index is 2.75. The molecule has 0 aliphatic carbocycles. The minimum atomic E-state index is -0.127. The molecule has 1 aromatic carbocycles. The first-order valence-corrected chi connectivity index (χ1v) is 6.16. The zero-order valence-electron chi connectivity index (χ0n) is 9.87. The minimum absolute atomic E-state index is 0.0637. The van der Waals surface area contributed by atoms with Gasteiger partial charge in [-0.1, -0.05) is 41.9 Å². The number of methoxy groups -OCH3 is 1. The Morgan fingerprint density at radius 3 is 2.31 bits per heavy atom. The summed E-state index contributed by atoms with van der Waals surface area (Å²) < 4.78 is 5.87. The minimum Gasteiger partial charge on any atom is -0.469 e. The zero-order chi connectivity index (χ0) is 12.1. The van der Waals surface area contributed by atoms with E-state index < -0.39 is 0 Å². The first-order chi connectivity index (χ1) is 7.54. The van der Waals surface area contributed by atoms with Crippen LogP contribution < -0.4 is 0 Å². The number of hydrogen-bond acceptors (Lipinski definition) is 2. The van der Waals surface area contributed by atoms with Crippen molar-refractivity contribution in [3.8, 4) is 0 Å². The van der Waals surface area contributed by atoms with Crippen LogP contribution in [0.2, 0.25) is 0 Å². The van der Waals surface area contributed by atoms with Crippen LogP contribution in [-0.4, -0.2) is 13.1 Å². The van der Waals surface area contributed by atoms with E-state index in [2.05, 4.69) is 15.9 Å². The summed E-state index contributed by atoms with van der Waals surface area (Å²) in [6.07, 6.45) is 0.734. The quantitative estimate of drug-likeness (QED) is 0.792. The van der Waals surface area contributed by atoms with Crippen molar-refractivity contribution < 1.29 is 9.53 Å². The molecule has 0 saturated carbocycles. The third-order valence-corrected chi connectivity index (χ3v) is 3.21. The average Bonchev–Trinajstić information content (AvgIpc) is 2.27. The molecular formula is C13H17BrO2. The number of hydrogen-bond donors (Lipinski definition) is 0. The van der Waals surface area contributed by atoms with Gasteiger partial charge in [-0.3, -0.25) is 4.79 Å². The lowest BCUT2D eigenvalue weighted by molar-refractivity contribution is -0.146. The number of benzene rings is 1. The fourth-order valence-corrected chi connectivity index (χ4v) is 1.88. The van der Waals surface area contributed by atoms with Gasteiger partial charge in [-0.15, -0.1) is 0 Å². The number of esters is 1. The molecule has 1 unspecified atom stereocenters. The van der Waals surface area contributed by atoms with Gasteiger partial charge in [0.05, 0.1) is 13.0 Å². The lowest BCUT2D eigenvalue weighted by Gasteiger charge is -2.18. The predicted molar refractivity (Wildman–Crippen MR) is 68.2 cm³/mol. The summed E-state index contributed by atoms with van der Waals surface area (Å²) in [5.41, 5.74) is 1.16. The van der Waals surface area contributed by atoms with E-state index in [4.69, 9.17) is 4.74 Å². The van der Waals surface area contributed by atoms with Gasteiger partial charge in [-0.25, -0.2) is 0 Å². The number of ether oxygens (including phenoxy) is 1. The van der Waals surface area contributed by atoms with Crippen molar-refractivity contribution in [2.45, 2.75) is 20.3 Å². The van der Waals surface area contributed by atoms with Crippen LogP contribution in [0.3, 0.4) is 0 Å². The molecule has 0 bridgehead atoms. The summed E-state index contributed by atoms with van der Waals surface area (Å²) in [6, 6.07) is 8.04. The zero-order valence-corrected chi connectivity index (χ0v) is 11.5. The molecule has 0 amide bonds. The highest BCUT2D eigenvalue weighted by atomic mass is 79.9. The van der Waals surface area contributed by atoms with Crippen LogP contribution in [0, 0.1) is 11.8 Å². The molecule has 2 nitrogen and oxygen atoms in total. The summed E-state index contributed by atoms with van der Waals surface area (Å²) in [5, 5.41) is 0. The van der Waals surface area contributed by atoms with Gasteiger partial charge in [0.25, 0.3) is 0 Å². The molecular weight excluding hydrogens is 268 g/mol. The number of carbonyl (C=O) groups excluding carboxylic acids is 1. The molecule has 0 aliphatic rings. The van der Waals surface area contributed by atoms with Crippen LogP contribution in [0.1, 0.15) is 19.4 Å². The Bertz CT molecular complexity index is 343. The van der Waals surface area contributed by atoms with Crippen molar-refractivity contribution in [3.05, 3.63) is 34.3 Å². The second-order valence-corrected chi connectivity index (χ2v) is 5.12. The van der Waals surface area contributed by atoms with E-state index in [0.717, 1.165) is 16.5 Å². The molecule has 0 radical (unpaired) electrons. The van der Waals surface area contributed by atoms with Gasteiger partial charge in [0.2, 0.25) is 0 Å². The third kappa shape index (κ3) is 3.63. The fraction of sp³-hybridized carbons (Fsp3) is 0.462. The van der Waals surface area contributed by atoms with Gasteiger partial charge in [-0.05, 0) is 30.0 Å². The molecule has 0 aromatic heterocycles. The van der Waals surface area contributed by atoms with Gasteiger partial charge >= 0.3 is 5.97 Å². The third-order valence-electron chi connectivity index (χ3n) is 2.68. The summed E-state index contributed by atoms with van der Waals surface area (Å²) in [6.45, 7) is 4.08. The Hall–Kier alpha value is -0.830. The van der Waals surface area contributed by atoms with Gasteiger partial charge < -0.3 is 4.74 Å². The first-order valence-electron chi connectivity index (χ1n) is 5.37. The Morgan fingerprint density at radius 1 is 1.31 bits per heavy atom. The molecule has 1 rings (SSSR count). The molecule has 0 spiro atoms. The van der Waals surface area contributed by atoms with E-state index in [1.807, 2.05) is 38.1 Å². The van der Waals surface area contributed by atoms with Crippen molar-refractivity contribution >= 4 is 21.9 Å². The second-order valence-electron chi connectivity index (χ2n) is 4.20. The lowest BCUT2D eigenvalue weighted by Crippen LogP contribution is -2.23. The van der Waals surface area contributed by atoms with E-state index in [-0.39, 0.29) is 17.8 Å². The number of rotatable bonds is 4. The van der Waals surface area contributed by atoms with E-state index in [1.54, 1.807) is 0 Å². The normalized spacial score (nSPS) is 12.6. The number of carbonyl (C=O) groups is 1. The standard InChI is InChI=1S/C13H17BrO2/c1-9(2)12(13(15)16-3)8-10-4-6-11(14)7-5-10/h4-7,9,12H,8H2,1-3H3. The largest absolute Gasteiger partial charge is 0.469 e. The molecule has 0 heterocycles. The van der Waals surface area contributed by atoms with E-state index in [1.165, 1.54) is 7.11 Å². The number of halogens is 1. The molecule has 0 fully saturated rings. The van der Waals surface area contributed by atoms with Gasteiger partial charge in [0.1, 0.15) is 0 Å². The maximum Gasteiger partial charge on any atom is 0.309 e. The lowest BCUT2D eigenvalue weighted by atomic mass is 9.89. The van der Waals surface area contributed by atoms with Crippen LogP contribution in [0.5, 0.6) is 0 Å². The van der Waals surface area contributed by atoms with Crippen molar-refractivity contribution in [1.29, 1.82) is 0 Å². The van der Waals surface area contributed by atoms with Crippen LogP contribution in [-0.2, 0) is 16.0 Å². The topological polar surface area (TPSA) is 26.3 Å². The Labute approximate surface area is 105 Å². The molecule has 0 saturated heterocycles. The molecule has 16 heavy (non-hydrogen) atoms. The van der Waals surface area contributed by atoms with Gasteiger partial charge in [0.15, 0.2) is 0 Å². The molecule has 88 valence electrons. The highest BCUT2D eigenvalue weighted by Gasteiger charge is 2.23. The monoisotopic (exact) mass is 284 g/mol. The van der Waals surface area contributed by atoms with Crippen LogP contribution in [0.25, 0.3) is 0 Å². The SMILES string of the molecule is COC(=O)C(Cc1ccc(Br)cc1)C(C)C. The van der Waals surface area contributed by atoms with Crippen LogP contribution in [0.15, 0.2) is 28.7 Å². The van der Waals surface area contributed by atoms with E-state index in [0.29, 0.717) is 0 Å². The maximum absolute atomic E-state index is 11.6. The predicted octanol–water partition coefficient (Wildman–Crippen LogP) is 3.44. The summed E-state index contributed by atoms with van der Waals surface area (Å²) >= 11 is 3.39. The van der Waals surface area contributed by atoms with Gasteiger partial charge in [-0.2, -0.15) is 0 Å².